The van der Waals surface area contributed by atoms with Crippen molar-refractivity contribution < 1.29 is 14.6 Å². The van der Waals surface area contributed by atoms with Crippen LogP contribution in [0.25, 0.3) is 0 Å². The second kappa shape index (κ2) is 6.73. The van der Waals surface area contributed by atoms with Gasteiger partial charge in [0.1, 0.15) is 5.75 Å². The molecule has 4 heteroatoms. The van der Waals surface area contributed by atoms with Crippen molar-refractivity contribution in [3.8, 4) is 5.75 Å². The fourth-order valence-electron chi connectivity index (χ4n) is 2.18. The summed E-state index contributed by atoms with van der Waals surface area (Å²) in [7, 11) is 1.64. The smallest absolute Gasteiger partial charge is 0.119 e. The molecule has 0 radical (unpaired) electrons. The van der Waals surface area contributed by atoms with Gasteiger partial charge in [0, 0.05) is 26.2 Å². The second-order valence-electron chi connectivity index (χ2n) is 4.56. The van der Waals surface area contributed by atoms with E-state index in [4.69, 9.17) is 9.47 Å². The molecule has 1 atom stereocenters. The van der Waals surface area contributed by atoms with E-state index in [1.165, 1.54) is 0 Å². The van der Waals surface area contributed by atoms with Crippen molar-refractivity contribution in [3.05, 3.63) is 29.8 Å². The first-order valence-corrected chi connectivity index (χ1v) is 6.41. The first-order valence-electron chi connectivity index (χ1n) is 6.41. The van der Waals surface area contributed by atoms with Gasteiger partial charge < -0.3 is 14.6 Å². The predicted octanol–water partition coefficient (Wildman–Crippen LogP) is 1.45. The van der Waals surface area contributed by atoms with Crippen molar-refractivity contribution in [1.29, 1.82) is 0 Å². The van der Waals surface area contributed by atoms with E-state index in [9.17, 15) is 5.11 Å². The molecule has 18 heavy (non-hydrogen) atoms. The van der Waals surface area contributed by atoms with E-state index in [0.717, 1.165) is 44.0 Å². The molecule has 0 saturated carbocycles. The summed E-state index contributed by atoms with van der Waals surface area (Å²) >= 11 is 0. The van der Waals surface area contributed by atoms with Gasteiger partial charge in [0.25, 0.3) is 0 Å². The predicted molar refractivity (Wildman–Crippen MR) is 69.8 cm³/mol. The number of benzene rings is 1. The van der Waals surface area contributed by atoms with Crippen LogP contribution < -0.4 is 4.74 Å². The van der Waals surface area contributed by atoms with Crippen LogP contribution in [0.3, 0.4) is 0 Å². The molecule has 1 aromatic rings. The minimum absolute atomic E-state index is 0.474. The average Bonchev–Trinajstić information content (AvgIpc) is 2.67. The van der Waals surface area contributed by atoms with Gasteiger partial charge in [-0.05, 0) is 24.1 Å². The molecule has 1 aliphatic heterocycles. The van der Waals surface area contributed by atoms with E-state index in [1.807, 2.05) is 24.3 Å². The van der Waals surface area contributed by atoms with Gasteiger partial charge in [0.2, 0.25) is 0 Å². The molecule has 1 aliphatic rings. The molecule has 0 amide bonds. The number of nitrogens with zero attached hydrogens (tertiary/aromatic N) is 1. The highest BCUT2D eigenvalue weighted by atomic mass is 16.5. The van der Waals surface area contributed by atoms with Gasteiger partial charge in [-0.15, -0.1) is 0 Å². The Morgan fingerprint density at radius 3 is 3.11 bits per heavy atom. The Kier molecular flexibility index (Phi) is 4.99. The summed E-state index contributed by atoms with van der Waals surface area (Å²) in [6.07, 6.45) is 0.559. The Balaban J connectivity index is 1.95. The summed E-state index contributed by atoms with van der Waals surface area (Å²) in [5, 5.41) is 10.2. The maximum absolute atomic E-state index is 10.2. The third-order valence-corrected chi connectivity index (χ3v) is 3.22. The molecule has 1 N–H and O–H groups in total. The van der Waals surface area contributed by atoms with Crippen molar-refractivity contribution in [2.24, 2.45) is 0 Å². The standard InChI is InChI=1S/C14H21NO3/c1-17-13-5-2-4-12(10-13)14(16)11-15-6-3-8-18-9-7-15/h2,4-5,10,14,16H,3,6-9,11H2,1H3. The zero-order valence-electron chi connectivity index (χ0n) is 10.8. The van der Waals surface area contributed by atoms with Gasteiger partial charge >= 0.3 is 0 Å². The number of rotatable bonds is 4. The summed E-state index contributed by atoms with van der Waals surface area (Å²) < 4.78 is 10.6. The number of methoxy groups -OCH3 is 1. The molecular formula is C14H21NO3. The lowest BCUT2D eigenvalue weighted by atomic mass is 10.1. The number of aliphatic hydroxyl groups excluding tert-OH is 1. The number of hydrogen-bond acceptors (Lipinski definition) is 4. The van der Waals surface area contributed by atoms with Crippen molar-refractivity contribution in [1.82, 2.24) is 4.90 Å². The summed E-state index contributed by atoms with van der Waals surface area (Å²) in [5.41, 5.74) is 0.902. The Hall–Kier alpha value is -1.10. The van der Waals surface area contributed by atoms with Crippen LogP contribution in [-0.2, 0) is 4.74 Å². The average molecular weight is 251 g/mol. The van der Waals surface area contributed by atoms with Crippen LogP contribution in [0.1, 0.15) is 18.1 Å². The van der Waals surface area contributed by atoms with Crippen LogP contribution in [0.4, 0.5) is 0 Å². The SMILES string of the molecule is COc1cccc(C(O)CN2CCCOCC2)c1. The molecule has 0 spiro atoms. The van der Waals surface area contributed by atoms with E-state index in [-0.39, 0.29) is 0 Å². The van der Waals surface area contributed by atoms with Crippen LogP contribution in [0.5, 0.6) is 5.75 Å². The number of β-amino-alcohol motifs (C(OH)–C–C–N with tert-alkyl or cyclic N) is 1. The first-order chi connectivity index (χ1) is 8.79. The molecule has 1 saturated heterocycles. The van der Waals surface area contributed by atoms with Crippen LogP contribution >= 0.6 is 0 Å². The summed E-state index contributed by atoms with van der Waals surface area (Å²) in [6.45, 7) is 4.11. The molecule has 1 heterocycles. The number of ether oxygens (including phenoxy) is 2. The zero-order chi connectivity index (χ0) is 12.8. The van der Waals surface area contributed by atoms with Crippen LogP contribution in [-0.4, -0.2) is 50.0 Å². The summed E-state index contributed by atoms with van der Waals surface area (Å²) in [6, 6.07) is 7.61. The van der Waals surface area contributed by atoms with Crippen molar-refractivity contribution >= 4 is 0 Å². The molecular weight excluding hydrogens is 230 g/mol. The molecule has 2 rings (SSSR count). The van der Waals surface area contributed by atoms with Crippen molar-refractivity contribution in [2.75, 3.05) is 40.0 Å². The Morgan fingerprint density at radius 2 is 2.28 bits per heavy atom. The molecule has 0 aromatic heterocycles. The fourth-order valence-corrected chi connectivity index (χ4v) is 2.18. The van der Waals surface area contributed by atoms with Crippen LogP contribution in [0, 0.1) is 0 Å². The molecule has 1 fully saturated rings. The topological polar surface area (TPSA) is 41.9 Å². The second-order valence-corrected chi connectivity index (χ2v) is 4.56. The van der Waals surface area contributed by atoms with Gasteiger partial charge in [-0.1, -0.05) is 12.1 Å². The molecule has 0 bridgehead atoms. The minimum Gasteiger partial charge on any atom is -0.497 e. The minimum atomic E-state index is -0.474. The van der Waals surface area contributed by atoms with E-state index in [1.54, 1.807) is 7.11 Å². The normalized spacial score (nSPS) is 19.2. The molecule has 1 aromatic carbocycles. The number of aliphatic hydroxyl groups is 1. The number of hydrogen-bond donors (Lipinski definition) is 1. The highest BCUT2D eigenvalue weighted by Gasteiger charge is 2.15. The van der Waals surface area contributed by atoms with Crippen LogP contribution in [0.15, 0.2) is 24.3 Å². The highest BCUT2D eigenvalue weighted by molar-refractivity contribution is 5.29. The maximum Gasteiger partial charge on any atom is 0.119 e. The Bertz CT molecular complexity index is 362. The molecule has 4 nitrogen and oxygen atoms in total. The highest BCUT2D eigenvalue weighted by Crippen LogP contribution is 2.20. The van der Waals surface area contributed by atoms with Gasteiger partial charge in [-0.2, -0.15) is 0 Å². The van der Waals surface area contributed by atoms with E-state index in [2.05, 4.69) is 4.90 Å². The lowest BCUT2D eigenvalue weighted by molar-refractivity contribution is 0.103. The van der Waals surface area contributed by atoms with Gasteiger partial charge in [-0.25, -0.2) is 0 Å². The lowest BCUT2D eigenvalue weighted by Gasteiger charge is -2.23. The largest absolute Gasteiger partial charge is 0.497 e. The monoisotopic (exact) mass is 251 g/mol. The van der Waals surface area contributed by atoms with E-state index >= 15 is 0 Å². The van der Waals surface area contributed by atoms with E-state index < -0.39 is 6.10 Å². The molecule has 100 valence electrons. The lowest BCUT2D eigenvalue weighted by Crippen LogP contribution is -2.31. The molecule has 0 aliphatic carbocycles. The first kappa shape index (κ1) is 13.3. The quantitative estimate of drug-likeness (QED) is 0.879. The Labute approximate surface area is 108 Å². The third-order valence-electron chi connectivity index (χ3n) is 3.22. The fraction of sp³-hybridized carbons (Fsp3) is 0.571. The van der Waals surface area contributed by atoms with Gasteiger partial charge in [0.15, 0.2) is 0 Å². The maximum atomic E-state index is 10.2. The zero-order valence-corrected chi connectivity index (χ0v) is 10.8. The van der Waals surface area contributed by atoms with Crippen LogP contribution in [0.2, 0.25) is 0 Å². The Morgan fingerprint density at radius 1 is 1.39 bits per heavy atom. The third kappa shape index (κ3) is 3.70. The van der Waals surface area contributed by atoms with Gasteiger partial charge in [-0.3, -0.25) is 4.90 Å². The summed E-state index contributed by atoms with van der Waals surface area (Å²) in [5.74, 6) is 0.783. The summed E-state index contributed by atoms with van der Waals surface area (Å²) in [4.78, 5) is 2.25. The molecule has 1 unspecified atom stereocenters. The van der Waals surface area contributed by atoms with Gasteiger partial charge in [0.05, 0.1) is 19.8 Å². The van der Waals surface area contributed by atoms with E-state index in [0.29, 0.717) is 6.54 Å². The van der Waals surface area contributed by atoms with Crippen molar-refractivity contribution in [3.63, 3.8) is 0 Å². The van der Waals surface area contributed by atoms with Crippen molar-refractivity contribution in [2.45, 2.75) is 12.5 Å².